The average Bonchev–Trinajstić information content (AvgIpc) is 2.49. The van der Waals surface area contributed by atoms with E-state index < -0.39 is 7.12 Å². The van der Waals surface area contributed by atoms with Crippen molar-refractivity contribution in [2.75, 3.05) is 0 Å². The van der Waals surface area contributed by atoms with Gasteiger partial charge in [0.2, 0.25) is 0 Å². The molecular weight excluding hydrogens is 153 g/mol. The van der Waals surface area contributed by atoms with E-state index in [1.54, 1.807) is 6.07 Å². The van der Waals surface area contributed by atoms with Crippen molar-refractivity contribution in [3.63, 3.8) is 0 Å². The second-order valence-corrected chi connectivity index (χ2v) is 2.68. The third-order valence-corrected chi connectivity index (χ3v) is 1.85. The van der Waals surface area contributed by atoms with Crippen LogP contribution in [0.5, 0.6) is 0 Å². The molecule has 2 rings (SSSR count). The molecule has 60 valence electrons. The molecule has 0 aromatic carbocycles. The molecule has 4 heteroatoms. The van der Waals surface area contributed by atoms with Gasteiger partial charge in [-0.25, -0.2) is 0 Å². The van der Waals surface area contributed by atoms with E-state index in [0.717, 1.165) is 11.3 Å². The Morgan fingerprint density at radius 2 is 1.92 bits per heavy atom. The van der Waals surface area contributed by atoms with Gasteiger partial charge >= 0.3 is 7.12 Å². The first-order valence-corrected chi connectivity index (χ1v) is 3.71. The second-order valence-electron chi connectivity index (χ2n) is 2.68. The molecule has 0 aromatic rings. The first-order valence-electron chi connectivity index (χ1n) is 3.71. The van der Waals surface area contributed by atoms with Crippen molar-refractivity contribution in [2.45, 2.75) is 0 Å². The highest BCUT2D eigenvalue weighted by atomic mass is 16.4. The first-order chi connectivity index (χ1) is 5.77. The zero-order valence-electron chi connectivity index (χ0n) is 6.36. The molecule has 0 saturated heterocycles. The lowest BCUT2D eigenvalue weighted by molar-refractivity contribution is 0.424. The smallest absolute Gasteiger partial charge is 0.422 e. The molecular formula is C8H8BNO2. The summed E-state index contributed by atoms with van der Waals surface area (Å²) in [7, 11) is -1.43. The number of nitrogens with one attached hydrogen (secondary N) is 1. The molecule has 1 aliphatic carbocycles. The van der Waals surface area contributed by atoms with Gasteiger partial charge in [-0.3, -0.25) is 0 Å². The molecule has 0 spiro atoms. The SMILES string of the molecule is OB(O)c1ccc2cccc-2[nH]1. The zero-order valence-corrected chi connectivity index (χ0v) is 6.36. The normalized spacial score (nSPS) is 10.5. The van der Waals surface area contributed by atoms with Gasteiger partial charge < -0.3 is 15.0 Å². The van der Waals surface area contributed by atoms with E-state index in [0.29, 0.717) is 5.59 Å². The zero-order chi connectivity index (χ0) is 8.55. The number of pyridine rings is 1. The van der Waals surface area contributed by atoms with Gasteiger partial charge in [0.25, 0.3) is 0 Å². The van der Waals surface area contributed by atoms with Crippen LogP contribution in [0.4, 0.5) is 0 Å². The summed E-state index contributed by atoms with van der Waals surface area (Å²) in [6.07, 6.45) is 0. The van der Waals surface area contributed by atoms with Gasteiger partial charge in [-0.1, -0.05) is 18.2 Å². The number of aromatic amines is 1. The van der Waals surface area contributed by atoms with Crippen molar-refractivity contribution in [2.24, 2.45) is 0 Å². The Morgan fingerprint density at radius 3 is 2.67 bits per heavy atom. The highest BCUT2D eigenvalue weighted by molar-refractivity contribution is 6.57. The number of hydrogen-bond donors (Lipinski definition) is 3. The fourth-order valence-corrected chi connectivity index (χ4v) is 1.22. The Morgan fingerprint density at radius 1 is 1.08 bits per heavy atom. The van der Waals surface area contributed by atoms with Gasteiger partial charge in [-0.15, -0.1) is 0 Å². The van der Waals surface area contributed by atoms with Gasteiger partial charge in [-0.05, 0) is 17.7 Å². The monoisotopic (exact) mass is 161 g/mol. The molecule has 3 nitrogen and oxygen atoms in total. The Bertz CT molecular complexity index is 358. The maximum atomic E-state index is 8.84. The summed E-state index contributed by atoms with van der Waals surface area (Å²) in [5, 5.41) is 17.7. The maximum Gasteiger partial charge on any atom is 0.505 e. The fourth-order valence-electron chi connectivity index (χ4n) is 1.22. The van der Waals surface area contributed by atoms with E-state index in [9.17, 15) is 0 Å². The van der Waals surface area contributed by atoms with E-state index in [4.69, 9.17) is 10.0 Å². The van der Waals surface area contributed by atoms with E-state index in [1.165, 1.54) is 0 Å². The highest BCUT2D eigenvalue weighted by Gasteiger charge is 2.12. The molecule has 0 amide bonds. The van der Waals surface area contributed by atoms with Crippen molar-refractivity contribution in [3.8, 4) is 11.3 Å². The van der Waals surface area contributed by atoms with Crippen LogP contribution in [0.2, 0.25) is 0 Å². The minimum Gasteiger partial charge on any atom is -0.422 e. The van der Waals surface area contributed by atoms with Crippen molar-refractivity contribution in [1.82, 2.24) is 4.98 Å². The number of fused-ring (bicyclic) bond motifs is 1. The Labute approximate surface area is 70.2 Å². The van der Waals surface area contributed by atoms with Crippen LogP contribution in [0, 0.1) is 0 Å². The van der Waals surface area contributed by atoms with Crippen molar-refractivity contribution < 1.29 is 10.0 Å². The largest absolute Gasteiger partial charge is 0.505 e. The number of hydrogen-bond acceptors (Lipinski definition) is 2. The summed E-state index contributed by atoms with van der Waals surface area (Å²) in [4.78, 5) is 2.91. The average molecular weight is 161 g/mol. The number of aromatic nitrogens is 1. The fraction of sp³-hybridized carbons (Fsp3) is 0. The summed E-state index contributed by atoms with van der Waals surface area (Å²) in [5.74, 6) is 0. The summed E-state index contributed by atoms with van der Waals surface area (Å²) in [6.45, 7) is 0. The van der Waals surface area contributed by atoms with Crippen LogP contribution in [-0.2, 0) is 0 Å². The molecule has 0 atom stereocenters. The second kappa shape index (κ2) is 2.66. The van der Waals surface area contributed by atoms with Crippen LogP contribution in [0.25, 0.3) is 11.3 Å². The Hall–Kier alpha value is -1.26. The van der Waals surface area contributed by atoms with Crippen LogP contribution in [0.15, 0.2) is 30.3 Å². The van der Waals surface area contributed by atoms with Crippen molar-refractivity contribution in [1.29, 1.82) is 0 Å². The molecule has 3 N–H and O–H groups in total. The van der Waals surface area contributed by atoms with Crippen molar-refractivity contribution >= 4 is 12.7 Å². The van der Waals surface area contributed by atoms with Crippen LogP contribution < -0.4 is 5.59 Å². The van der Waals surface area contributed by atoms with E-state index in [2.05, 4.69) is 4.98 Å². The molecule has 1 heterocycles. The maximum absolute atomic E-state index is 8.84. The highest BCUT2D eigenvalue weighted by Crippen LogP contribution is 2.17. The molecule has 0 unspecified atom stereocenters. The summed E-state index contributed by atoms with van der Waals surface area (Å²) in [5.41, 5.74) is 2.40. The molecule has 0 bridgehead atoms. The minimum absolute atomic E-state index is 0.411. The molecule has 0 fully saturated rings. The van der Waals surface area contributed by atoms with Crippen LogP contribution in [-0.4, -0.2) is 22.2 Å². The third kappa shape index (κ3) is 1.11. The van der Waals surface area contributed by atoms with Crippen LogP contribution in [0.1, 0.15) is 0 Å². The Kier molecular flexibility index (Phi) is 1.64. The van der Waals surface area contributed by atoms with Gasteiger partial charge in [0, 0.05) is 11.3 Å². The summed E-state index contributed by atoms with van der Waals surface area (Å²) >= 11 is 0. The van der Waals surface area contributed by atoms with E-state index in [1.807, 2.05) is 24.3 Å². The Balaban J connectivity index is 2.54. The molecule has 1 aliphatic heterocycles. The minimum atomic E-state index is -1.43. The van der Waals surface area contributed by atoms with Crippen molar-refractivity contribution in [3.05, 3.63) is 30.3 Å². The number of rotatable bonds is 1. The lowest BCUT2D eigenvalue weighted by Crippen LogP contribution is -2.32. The lowest BCUT2D eigenvalue weighted by Gasteiger charge is -2.03. The van der Waals surface area contributed by atoms with Gasteiger partial charge in [0.15, 0.2) is 0 Å². The van der Waals surface area contributed by atoms with Gasteiger partial charge in [0.1, 0.15) is 0 Å². The summed E-state index contributed by atoms with van der Waals surface area (Å²) < 4.78 is 0. The molecule has 0 saturated carbocycles. The van der Waals surface area contributed by atoms with Gasteiger partial charge in [0.05, 0.1) is 0 Å². The molecule has 2 aliphatic rings. The topological polar surface area (TPSA) is 56.2 Å². The van der Waals surface area contributed by atoms with E-state index in [-0.39, 0.29) is 0 Å². The predicted octanol–water partition coefficient (Wildman–Crippen LogP) is -0.201. The number of H-pyrrole nitrogens is 1. The quantitative estimate of drug-likeness (QED) is 0.507. The standard InChI is InChI=1S/C8H8BNO2/c11-9(12)8-5-4-6-2-1-3-7(6)10-8/h1-5,10-12H. The molecule has 0 aromatic heterocycles. The van der Waals surface area contributed by atoms with Crippen LogP contribution >= 0.6 is 0 Å². The summed E-state index contributed by atoms with van der Waals surface area (Å²) in [6, 6.07) is 9.27. The molecule has 12 heavy (non-hydrogen) atoms. The van der Waals surface area contributed by atoms with E-state index >= 15 is 0 Å². The van der Waals surface area contributed by atoms with Gasteiger partial charge in [-0.2, -0.15) is 0 Å². The predicted molar refractivity (Wildman–Crippen MR) is 47.2 cm³/mol. The molecule has 0 radical (unpaired) electrons. The first kappa shape index (κ1) is 7.40. The lowest BCUT2D eigenvalue weighted by atomic mass is 9.85. The van der Waals surface area contributed by atoms with Crippen LogP contribution in [0.3, 0.4) is 0 Å². The third-order valence-electron chi connectivity index (χ3n) is 1.85.